The summed E-state index contributed by atoms with van der Waals surface area (Å²) >= 11 is 0. The second-order valence-corrected chi connectivity index (χ2v) is 7.85. The highest BCUT2D eigenvalue weighted by Crippen LogP contribution is 2.28. The van der Waals surface area contributed by atoms with E-state index in [9.17, 15) is 4.39 Å². The van der Waals surface area contributed by atoms with E-state index in [0.29, 0.717) is 17.7 Å². The molecule has 3 heterocycles. The molecule has 1 aromatic carbocycles. The number of rotatable bonds is 6. The Morgan fingerprint density at radius 1 is 1.27 bits per heavy atom. The van der Waals surface area contributed by atoms with Crippen molar-refractivity contribution in [2.45, 2.75) is 39.3 Å². The van der Waals surface area contributed by atoms with Gasteiger partial charge in [0.15, 0.2) is 5.82 Å². The molecule has 1 aliphatic heterocycles. The predicted molar refractivity (Wildman–Crippen MR) is 117 cm³/mol. The van der Waals surface area contributed by atoms with Crippen LogP contribution in [0.15, 0.2) is 30.6 Å². The minimum atomic E-state index is -0.473. The standard InChI is InChI=1S/C22H27FN7/c1-14(2)30-15(3)25-12-20(30)21-19(23)11-26-22(28-21)27-16-6-5-7-18(10-16)29-9-8-17(13-29)24-4/h5-6,10-12,14,17,24H,8-9,13H2,1-4H3,(H,26,27,28)/t17-/m0/s1. The summed E-state index contributed by atoms with van der Waals surface area (Å²) in [5.41, 5.74) is 2.74. The number of likely N-dealkylation sites (N-methyl/N-ethyl adjacent to an activating group) is 1. The first kappa shape index (κ1) is 20.3. The molecule has 1 radical (unpaired) electrons. The van der Waals surface area contributed by atoms with Crippen molar-refractivity contribution < 1.29 is 4.39 Å². The summed E-state index contributed by atoms with van der Waals surface area (Å²) in [6, 6.07) is 9.74. The van der Waals surface area contributed by atoms with Crippen LogP contribution in [-0.4, -0.2) is 45.7 Å². The van der Waals surface area contributed by atoms with E-state index in [2.05, 4.69) is 36.6 Å². The Morgan fingerprint density at radius 3 is 2.83 bits per heavy atom. The molecule has 0 saturated carbocycles. The van der Waals surface area contributed by atoms with Crippen LogP contribution >= 0.6 is 0 Å². The lowest BCUT2D eigenvalue weighted by atomic mass is 10.2. The number of hydrogen-bond donors (Lipinski definition) is 2. The van der Waals surface area contributed by atoms with Gasteiger partial charge in [-0.3, -0.25) is 0 Å². The molecule has 1 saturated heterocycles. The van der Waals surface area contributed by atoms with E-state index in [1.165, 1.54) is 6.20 Å². The van der Waals surface area contributed by atoms with Gasteiger partial charge >= 0.3 is 0 Å². The van der Waals surface area contributed by atoms with Gasteiger partial charge in [0, 0.05) is 42.6 Å². The second kappa shape index (κ2) is 8.39. The van der Waals surface area contributed by atoms with Crippen molar-refractivity contribution in [1.29, 1.82) is 0 Å². The fourth-order valence-electron chi connectivity index (χ4n) is 3.95. The topological polar surface area (TPSA) is 70.9 Å². The summed E-state index contributed by atoms with van der Waals surface area (Å²) in [7, 11) is 1.99. The second-order valence-electron chi connectivity index (χ2n) is 7.85. The lowest BCUT2D eigenvalue weighted by molar-refractivity contribution is 0.578. The van der Waals surface area contributed by atoms with Gasteiger partial charge in [-0.25, -0.2) is 19.3 Å². The average molecular weight is 409 g/mol. The number of hydrogen-bond acceptors (Lipinski definition) is 6. The van der Waals surface area contributed by atoms with Gasteiger partial charge in [0.1, 0.15) is 11.5 Å². The van der Waals surface area contributed by atoms with Crippen molar-refractivity contribution in [3.05, 3.63) is 48.3 Å². The van der Waals surface area contributed by atoms with Gasteiger partial charge in [0.05, 0.1) is 18.1 Å². The van der Waals surface area contributed by atoms with E-state index >= 15 is 0 Å². The van der Waals surface area contributed by atoms with Crippen LogP contribution < -0.4 is 15.5 Å². The summed E-state index contributed by atoms with van der Waals surface area (Å²) in [4.78, 5) is 15.2. The van der Waals surface area contributed by atoms with E-state index in [1.54, 1.807) is 6.20 Å². The number of imidazole rings is 1. The molecular weight excluding hydrogens is 381 g/mol. The van der Waals surface area contributed by atoms with Crippen LogP contribution in [0.2, 0.25) is 0 Å². The van der Waals surface area contributed by atoms with Crippen LogP contribution in [0, 0.1) is 18.8 Å². The zero-order chi connectivity index (χ0) is 21.3. The van der Waals surface area contributed by atoms with Gasteiger partial charge in [-0.1, -0.05) is 6.07 Å². The largest absolute Gasteiger partial charge is 0.369 e. The summed E-state index contributed by atoms with van der Waals surface area (Å²) in [5, 5.41) is 6.53. The van der Waals surface area contributed by atoms with E-state index < -0.39 is 5.82 Å². The first-order chi connectivity index (χ1) is 14.5. The third-order valence-corrected chi connectivity index (χ3v) is 5.46. The molecular formula is C22H27FN7. The van der Waals surface area contributed by atoms with Crippen molar-refractivity contribution in [3.63, 3.8) is 0 Å². The SMILES string of the molecule is CN[C@H]1CCN(c2[c]ccc(Nc3ncc(F)c(-c4cnc(C)n4C(C)C)n3)c2)C1. The predicted octanol–water partition coefficient (Wildman–Crippen LogP) is 3.71. The van der Waals surface area contributed by atoms with E-state index in [0.717, 1.165) is 36.7 Å². The third kappa shape index (κ3) is 4.00. The number of nitrogens with zero attached hydrogens (tertiary/aromatic N) is 5. The van der Waals surface area contributed by atoms with Crippen LogP contribution in [0.5, 0.6) is 0 Å². The van der Waals surface area contributed by atoms with Crippen molar-refractivity contribution in [1.82, 2.24) is 24.8 Å². The zero-order valence-corrected chi connectivity index (χ0v) is 17.8. The van der Waals surface area contributed by atoms with Gasteiger partial charge in [0.25, 0.3) is 0 Å². The summed E-state index contributed by atoms with van der Waals surface area (Å²) < 4.78 is 16.5. The van der Waals surface area contributed by atoms with E-state index in [1.807, 2.05) is 50.6 Å². The van der Waals surface area contributed by atoms with Crippen molar-refractivity contribution in [2.24, 2.45) is 0 Å². The molecule has 2 aromatic heterocycles. The van der Waals surface area contributed by atoms with Gasteiger partial charge in [0.2, 0.25) is 5.95 Å². The number of anilines is 3. The maximum atomic E-state index is 14.6. The normalized spacial score (nSPS) is 16.5. The molecule has 1 atom stereocenters. The first-order valence-electron chi connectivity index (χ1n) is 10.2. The Kier molecular flexibility index (Phi) is 5.67. The van der Waals surface area contributed by atoms with Crippen molar-refractivity contribution >= 4 is 17.3 Å². The molecule has 0 amide bonds. The Labute approximate surface area is 176 Å². The highest BCUT2D eigenvalue weighted by atomic mass is 19.1. The Morgan fingerprint density at radius 2 is 2.10 bits per heavy atom. The smallest absolute Gasteiger partial charge is 0.227 e. The summed E-state index contributed by atoms with van der Waals surface area (Å²) in [6.07, 6.45) is 3.96. The monoisotopic (exact) mass is 408 g/mol. The average Bonchev–Trinajstić information content (AvgIpc) is 3.36. The molecule has 7 nitrogen and oxygen atoms in total. The summed E-state index contributed by atoms with van der Waals surface area (Å²) in [6.45, 7) is 7.92. The van der Waals surface area contributed by atoms with E-state index in [-0.39, 0.29) is 11.7 Å². The Balaban J connectivity index is 1.60. The zero-order valence-electron chi connectivity index (χ0n) is 17.8. The highest BCUT2D eigenvalue weighted by molar-refractivity contribution is 5.64. The lowest BCUT2D eigenvalue weighted by Gasteiger charge is -2.19. The molecule has 0 aliphatic carbocycles. The molecule has 1 aliphatic rings. The van der Waals surface area contributed by atoms with Crippen LogP contribution in [0.1, 0.15) is 32.1 Å². The molecule has 8 heteroatoms. The maximum Gasteiger partial charge on any atom is 0.227 e. The minimum Gasteiger partial charge on any atom is -0.369 e. The fraction of sp³-hybridized carbons (Fsp3) is 0.409. The molecule has 30 heavy (non-hydrogen) atoms. The number of halogens is 1. The number of nitrogens with one attached hydrogen (secondary N) is 2. The Hall–Kier alpha value is -3.00. The first-order valence-corrected chi connectivity index (χ1v) is 10.2. The summed E-state index contributed by atoms with van der Waals surface area (Å²) in [5.74, 6) is 0.688. The molecule has 4 rings (SSSR count). The quantitative estimate of drug-likeness (QED) is 0.648. The Bertz CT molecular complexity index is 1030. The van der Waals surface area contributed by atoms with Gasteiger partial charge in [-0.2, -0.15) is 0 Å². The molecule has 0 spiro atoms. The van der Waals surface area contributed by atoms with Crippen LogP contribution in [-0.2, 0) is 0 Å². The highest BCUT2D eigenvalue weighted by Gasteiger charge is 2.22. The number of aryl methyl sites for hydroxylation is 1. The van der Waals surface area contributed by atoms with Crippen LogP contribution in [0.4, 0.5) is 21.7 Å². The molecule has 0 unspecified atom stereocenters. The van der Waals surface area contributed by atoms with Crippen molar-refractivity contribution in [3.8, 4) is 11.4 Å². The van der Waals surface area contributed by atoms with Gasteiger partial charge in [-0.15, -0.1) is 0 Å². The van der Waals surface area contributed by atoms with Crippen LogP contribution in [0.25, 0.3) is 11.4 Å². The molecule has 3 aromatic rings. The van der Waals surface area contributed by atoms with Crippen LogP contribution in [0.3, 0.4) is 0 Å². The van der Waals surface area contributed by atoms with E-state index in [4.69, 9.17) is 0 Å². The number of aromatic nitrogens is 4. The van der Waals surface area contributed by atoms with Gasteiger partial charge < -0.3 is 20.1 Å². The van der Waals surface area contributed by atoms with Crippen molar-refractivity contribution in [2.75, 3.05) is 30.4 Å². The molecule has 2 N–H and O–H groups in total. The molecule has 1 fully saturated rings. The molecule has 0 bridgehead atoms. The maximum absolute atomic E-state index is 14.6. The minimum absolute atomic E-state index is 0.141. The lowest BCUT2D eigenvalue weighted by Crippen LogP contribution is -2.29. The van der Waals surface area contributed by atoms with Gasteiger partial charge in [-0.05, 0) is 46.4 Å². The third-order valence-electron chi connectivity index (χ3n) is 5.46. The number of benzene rings is 1. The fourth-order valence-corrected chi connectivity index (χ4v) is 3.95. The molecule has 157 valence electrons.